The van der Waals surface area contributed by atoms with Gasteiger partial charge < -0.3 is 5.11 Å². The predicted octanol–water partition coefficient (Wildman–Crippen LogP) is 1.26. The third-order valence-corrected chi connectivity index (χ3v) is 2.67. The van der Waals surface area contributed by atoms with Gasteiger partial charge in [0, 0.05) is 6.92 Å². The number of imidazole rings is 1. The lowest BCUT2D eigenvalue weighted by atomic mass is 10.1. The zero-order valence-corrected chi connectivity index (χ0v) is 11.4. The number of nitrogens with zero attached hydrogens (tertiary/aromatic N) is 1. The highest BCUT2D eigenvalue weighted by atomic mass is 16.5. The van der Waals surface area contributed by atoms with Crippen LogP contribution in [0.1, 0.15) is 24.5 Å². The second-order valence-corrected chi connectivity index (χ2v) is 4.28. The fourth-order valence-electron chi connectivity index (χ4n) is 1.85. The van der Waals surface area contributed by atoms with Crippen LogP contribution in [0, 0.1) is 0 Å². The molecule has 1 aliphatic carbocycles. The maximum Gasteiger partial charge on any atom is 0.300 e. The molecule has 0 saturated heterocycles. The van der Waals surface area contributed by atoms with E-state index in [1.54, 1.807) is 11.1 Å². The number of aliphatic carboxylic acids is 1. The molecule has 0 atom stereocenters. The van der Waals surface area contributed by atoms with Gasteiger partial charge in [0.1, 0.15) is 6.20 Å². The third kappa shape index (κ3) is 6.12. The molecule has 6 heteroatoms. The van der Waals surface area contributed by atoms with E-state index in [0.29, 0.717) is 5.82 Å². The maximum atomic E-state index is 9.00. The number of carboxylic acid groups (broad SMARTS) is 1. The molecule has 0 fully saturated rings. The first-order chi connectivity index (χ1) is 9.63. The summed E-state index contributed by atoms with van der Waals surface area (Å²) in [5.41, 5.74) is 4.10. The third-order valence-electron chi connectivity index (χ3n) is 2.67. The smallest absolute Gasteiger partial charge is 0.300 e. The molecule has 0 saturated carbocycles. The van der Waals surface area contributed by atoms with Gasteiger partial charge in [-0.2, -0.15) is 5.48 Å². The van der Waals surface area contributed by atoms with Gasteiger partial charge >= 0.3 is 0 Å². The lowest BCUT2D eigenvalue weighted by Gasteiger charge is -1.93. The maximum absolute atomic E-state index is 9.00. The minimum atomic E-state index is -0.833. The summed E-state index contributed by atoms with van der Waals surface area (Å²) in [6.45, 7) is 1.08. The van der Waals surface area contributed by atoms with Crippen LogP contribution in [0.2, 0.25) is 0 Å². The highest BCUT2D eigenvalue weighted by Crippen LogP contribution is 2.20. The molecule has 0 amide bonds. The summed E-state index contributed by atoms with van der Waals surface area (Å²) >= 11 is 0. The van der Waals surface area contributed by atoms with Crippen molar-refractivity contribution in [2.45, 2.75) is 26.2 Å². The van der Waals surface area contributed by atoms with Crippen LogP contribution in [0.4, 0.5) is 5.82 Å². The number of quaternary nitrogens is 1. The number of carboxylic acids is 1. The summed E-state index contributed by atoms with van der Waals surface area (Å²) in [4.78, 5) is 15.3. The van der Waals surface area contributed by atoms with E-state index >= 15 is 0 Å². The van der Waals surface area contributed by atoms with Crippen molar-refractivity contribution >= 4 is 11.8 Å². The summed E-state index contributed by atoms with van der Waals surface area (Å²) in [6, 6.07) is 8.74. The van der Waals surface area contributed by atoms with Crippen LogP contribution in [0.15, 0.2) is 36.8 Å². The molecule has 3 rings (SSSR count). The minimum absolute atomic E-state index is 0.625. The number of carbonyl (C=O) groups is 1. The average molecular weight is 278 g/mol. The topological polar surface area (TPSA) is 103 Å². The fraction of sp³-hybridized carbons (Fsp3) is 0.286. The van der Waals surface area contributed by atoms with Crippen LogP contribution in [-0.4, -0.2) is 26.3 Å². The molecule has 0 bridgehead atoms. The van der Waals surface area contributed by atoms with Crippen LogP contribution in [0.25, 0.3) is 0 Å². The molecule has 0 radical (unpaired) electrons. The number of aryl methyl sites for hydroxylation is 2. The van der Waals surface area contributed by atoms with Crippen molar-refractivity contribution in [3.8, 4) is 0 Å². The van der Waals surface area contributed by atoms with Gasteiger partial charge in [0.25, 0.3) is 11.8 Å². The van der Waals surface area contributed by atoms with Crippen LogP contribution >= 0.6 is 0 Å². The molecule has 1 aromatic heterocycles. The number of nitrogens with two attached hydrogens (primary N) is 1. The molecule has 5 N–H and O–H groups in total. The summed E-state index contributed by atoms with van der Waals surface area (Å²) in [5, 5.41) is 15.6. The Morgan fingerprint density at radius 1 is 1.30 bits per heavy atom. The van der Waals surface area contributed by atoms with E-state index in [-0.39, 0.29) is 0 Å². The number of hydrogen-bond donors (Lipinski definition) is 4. The summed E-state index contributed by atoms with van der Waals surface area (Å²) in [6.07, 6.45) is 6.99. The first-order valence-electron chi connectivity index (χ1n) is 6.35. The number of hydrogen-bond acceptors (Lipinski definition) is 3. The van der Waals surface area contributed by atoms with Crippen LogP contribution in [0.5, 0.6) is 0 Å². The standard InChI is InChI=1S/C9H10.C3H5N3O.C2H4O2/c1-2-5-9-7-3-6-8(9)4-1;7-6-3-1-4-2-5-3;1-2(3)4/h1-2,4-5H,3,6-7H2;1-2,6-7H,(H,4,5);1H3,(H,3,4)/p+1. The predicted molar refractivity (Wildman–Crippen MR) is 73.7 cm³/mol. The molecule has 1 aliphatic rings. The molecule has 20 heavy (non-hydrogen) atoms. The molecule has 0 spiro atoms. The van der Waals surface area contributed by atoms with Gasteiger partial charge in [0.2, 0.25) is 0 Å². The zero-order chi connectivity index (χ0) is 14.8. The van der Waals surface area contributed by atoms with Crippen LogP contribution < -0.4 is 5.48 Å². The normalized spacial score (nSPS) is 11.5. The average Bonchev–Trinajstić information content (AvgIpc) is 3.10. The lowest BCUT2D eigenvalue weighted by molar-refractivity contribution is -0.828. The van der Waals surface area contributed by atoms with Gasteiger partial charge in [-0.25, -0.2) is 10.2 Å². The Hall–Kier alpha value is -2.18. The highest BCUT2D eigenvalue weighted by Gasteiger charge is 2.07. The molecule has 1 heterocycles. The Morgan fingerprint density at radius 3 is 2.20 bits per heavy atom. The largest absolute Gasteiger partial charge is 0.481 e. The number of nitrogens with one attached hydrogen (secondary N) is 1. The Balaban J connectivity index is 0.000000164. The highest BCUT2D eigenvalue weighted by molar-refractivity contribution is 5.62. The van der Waals surface area contributed by atoms with Crippen molar-refractivity contribution in [3.05, 3.63) is 47.9 Å². The molecular formula is C14H20N3O3+. The SMILES string of the molecule is CC(=O)O.O[NH2+]c1cnc[nH]1.c1ccc2c(c1)CCC2. The summed E-state index contributed by atoms with van der Waals surface area (Å²) in [7, 11) is 0. The van der Waals surface area contributed by atoms with Crippen molar-refractivity contribution < 1.29 is 20.6 Å². The van der Waals surface area contributed by atoms with E-state index < -0.39 is 5.97 Å². The molecule has 108 valence electrons. The van der Waals surface area contributed by atoms with Gasteiger partial charge in [-0.05, 0) is 30.4 Å². The van der Waals surface area contributed by atoms with Gasteiger partial charge in [-0.3, -0.25) is 9.78 Å². The van der Waals surface area contributed by atoms with Crippen molar-refractivity contribution in [3.63, 3.8) is 0 Å². The monoisotopic (exact) mass is 278 g/mol. The van der Waals surface area contributed by atoms with E-state index in [2.05, 4.69) is 34.2 Å². The summed E-state index contributed by atoms with van der Waals surface area (Å²) in [5.74, 6) is -0.208. The zero-order valence-electron chi connectivity index (χ0n) is 11.4. The van der Waals surface area contributed by atoms with Gasteiger partial charge in [0.15, 0.2) is 0 Å². The molecule has 2 aromatic rings. The van der Waals surface area contributed by atoms with E-state index in [4.69, 9.17) is 15.1 Å². The van der Waals surface area contributed by atoms with Crippen molar-refractivity contribution in [2.75, 3.05) is 0 Å². The molecular weight excluding hydrogens is 258 g/mol. The molecule has 1 aromatic carbocycles. The van der Waals surface area contributed by atoms with E-state index in [0.717, 1.165) is 12.4 Å². The number of H-pyrrole nitrogens is 1. The minimum Gasteiger partial charge on any atom is -0.481 e. The first kappa shape index (κ1) is 15.9. The van der Waals surface area contributed by atoms with E-state index in [1.165, 1.54) is 31.8 Å². The molecule has 6 nitrogen and oxygen atoms in total. The van der Waals surface area contributed by atoms with E-state index in [9.17, 15) is 0 Å². The Kier molecular flexibility index (Phi) is 7.02. The van der Waals surface area contributed by atoms with E-state index in [1.807, 2.05) is 0 Å². The quantitative estimate of drug-likeness (QED) is 0.590. The summed E-state index contributed by atoms with van der Waals surface area (Å²) < 4.78 is 0. The Bertz CT molecular complexity index is 485. The van der Waals surface area contributed by atoms with Crippen molar-refractivity contribution in [1.82, 2.24) is 9.97 Å². The van der Waals surface area contributed by atoms with Gasteiger partial charge in [-0.1, -0.05) is 24.3 Å². The fourth-order valence-corrected chi connectivity index (χ4v) is 1.85. The number of aromatic amines is 1. The number of benzene rings is 1. The van der Waals surface area contributed by atoms with Crippen LogP contribution in [0.3, 0.4) is 0 Å². The molecule has 0 aliphatic heterocycles. The second-order valence-electron chi connectivity index (χ2n) is 4.28. The van der Waals surface area contributed by atoms with Gasteiger partial charge in [0.05, 0.1) is 6.33 Å². The molecule has 0 unspecified atom stereocenters. The van der Waals surface area contributed by atoms with Gasteiger partial charge in [-0.15, -0.1) is 0 Å². The lowest BCUT2D eigenvalue weighted by Crippen LogP contribution is -2.74. The van der Waals surface area contributed by atoms with Crippen molar-refractivity contribution in [1.29, 1.82) is 0 Å². The van der Waals surface area contributed by atoms with Crippen LogP contribution in [-0.2, 0) is 17.6 Å². The number of fused-ring (bicyclic) bond motifs is 1. The Morgan fingerprint density at radius 2 is 1.85 bits per heavy atom. The number of rotatable bonds is 1. The second kappa shape index (κ2) is 8.84. The number of aromatic nitrogens is 2. The van der Waals surface area contributed by atoms with Crippen molar-refractivity contribution in [2.24, 2.45) is 0 Å². The first-order valence-corrected chi connectivity index (χ1v) is 6.35. The Labute approximate surface area is 117 Å².